The quantitative estimate of drug-likeness (QED) is 0.669. The smallest absolute Gasteiger partial charge is 0.265 e. The maximum Gasteiger partial charge on any atom is 0.265 e. The van der Waals surface area contributed by atoms with Gasteiger partial charge in [-0.15, -0.1) is 0 Å². The number of rotatable bonds is 1. The van der Waals surface area contributed by atoms with Gasteiger partial charge in [-0.2, -0.15) is 0 Å². The summed E-state index contributed by atoms with van der Waals surface area (Å²) in [6, 6.07) is 13.3. The molecular formula is C15H11FN2O. The summed E-state index contributed by atoms with van der Waals surface area (Å²) in [5.41, 5.74) is 0.951. The van der Waals surface area contributed by atoms with Crippen LogP contribution in [0.1, 0.15) is 5.82 Å². The SMILES string of the molecule is Cc1nc2cc(F)ccc2c(=O)n1-c1ccccc1. The molecular weight excluding hydrogens is 243 g/mol. The van der Waals surface area contributed by atoms with Crippen LogP contribution in [0, 0.1) is 12.7 Å². The summed E-state index contributed by atoms with van der Waals surface area (Å²) in [6.07, 6.45) is 0. The Bertz CT molecular complexity index is 809. The fraction of sp³-hybridized carbons (Fsp3) is 0.0667. The van der Waals surface area contributed by atoms with Crippen molar-refractivity contribution in [2.24, 2.45) is 0 Å². The molecule has 3 nitrogen and oxygen atoms in total. The van der Waals surface area contributed by atoms with E-state index in [1.807, 2.05) is 30.3 Å². The second-order valence-electron chi connectivity index (χ2n) is 4.30. The van der Waals surface area contributed by atoms with Crippen molar-refractivity contribution >= 4 is 10.9 Å². The van der Waals surface area contributed by atoms with Gasteiger partial charge in [0.2, 0.25) is 0 Å². The molecule has 0 bridgehead atoms. The largest absolute Gasteiger partial charge is 0.268 e. The van der Waals surface area contributed by atoms with Gasteiger partial charge in [0, 0.05) is 6.07 Å². The third-order valence-electron chi connectivity index (χ3n) is 3.01. The van der Waals surface area contributed by atoms with Gasteiger partial charge in [-0.25, -0.2) is 9.37 Å². The molecule has 0 fully saturated rings. The Morgan fingerprint density at radius 1 is 1.11 bits per heavy atom. The van der Waals surface area contributed by atoms with Crippen molar-refractivity contribution in [3.05, 3.63) is 70.5 Å². The number of hydrogen-bond donors (Lipinski definition) is 0. The highest BCUT2D eigenvalue weighted by molar-refractivity contribution is 5.77. The molecule has 94 valence electrons. The van der Waals surface area contributed by atoms with Gasteiger partial charge in [-0.3, -0.25) is 9.36 Å². The summed E-state index contributed by atoms with van der Waals surface area (Å²) in [6.45, 7) is 1.73. The van der Waals surface area contributed by atoms with E-state index in [2.05, 4.69) is 4.98 Å². The van der Waals surface area contributed by atoms with Gasteiger partial charge in [0.25, 0.3) is 5.56 Å². The van der Waals surface area contributed by atoms with E-state index in [1.165, 1.54) is 22.8 Å². The Hall–Kier alpha value is -2.49. The number of fused-ring (bicyclic) bond motifs is 1. The van der Waals surface area contributed by atoms with Crippen LogP contribution in [0.15, 0.2) is 53.3 Å². The van der Waals surface area contributed by atoms with Gasteiger partial charge >= 0.3 is 0 Å². The normalized spacial score (nSPS) is 10.8. The summed E-state index contributed by atoms with van der Waals surface area (Å²) in [7, 11) is 0. The van der Waals surface area contributed by atoms with Crippen molar-refractivity contribution in [1.29, 1.82) is 0 Å². The monoisotopic (exact) mass is 254 g/mol. The maximum absolute atomic E-state index is 13.2. The first kappa shape index (κ1) is 11.6. The topological polar surface area (TPSA) is 34.9 Å². The molecule has 0 atom stereocenters. The van der Waals surface area contributed by atoms with Crippen LogP contribution in [0.25, 0.3) is 16.6 Å². The molecule has 2 aromatic carbocycles. The van der Waals surface area contributed by atoms with E-state index >= 15 is 0 Å². The van der Waals surface area contributed by atoms with Gasteiger partial charge < -0.3 is 0 Å². The zero-order valence-electron chi connectivity index (χ0n) is 10.3. The molecule has 3 rings (SSSR count). The lowest BCUT2D eigenvalue weighted by Crippen LogP contribution is -2.22. The standard InChI is InChI=1S/C15H11FN2O/c1-10-17-14-9-11(16)7-8-13(14)15(19)18(10)12-5-3-2-4-6-12/h2-9H,1H3. The van der Waals surface area contributed by atoms with E-state index in [-0.39, 0.29) is 5.56 Å². The number of aryl methyl sites for hydroxylation is 1. The Morgan fingerprint density at radius 2 is 1.84 bits per heavy atom. The molecule has 19 heavy (non-hydrogen) atoms. The average molecular weight is 254 g/mol. The molecule has 0 unspecified atom stereocenters. The maximum atomic E-state index is 13.2. The van der Waals surface area contributed by atoms with Crippen LogP contribution in [0.4, 0.5) is 4.39 Å². The molecule has 0 saturated heterocycles. The number of halogens is 1. The lowest BCUT2D eigenvalue weighted by Gasteiger charge is -2.10. The highest BCUT2D eigenvalue weighted by Gasteiger charge is 2.09. The minimum Gasteiger partial charge on any atom is -0.268 e. The second kappa shape index (κ2) is 4.31. The Kier molecular flexibility index (Phi) is 2.63. The first-order valence-corrected chi connectivity index (χ1v) is 5.91. The average Bonchev–Trinajstić information content (AvgIpc) is 2.39. The van der Waals surface area contributed by atoms with E-state index in [9.17, 15) is 9.18 Å². The lowest BCUT2D eigenvalue weighted by atomic mass is 10.2. The van der Waals surface area contributed by atoms with Crippen molar-refractivity contribution in [2.75, 3.05) is 0 Å². The van der Waals surface area contributed by atoms with E-state index in [0.717, 1.165) is 5.69 Å². The Labute approximate surface area is 109 Å². The number of benzene rings is 2. The minimum atomic E-state index is -0.392. The van der Waals surface area contributed by atoms with E-state index in [4.69, 9.17) is 0 Å². The highest BCUT2D eigenvalue weighted by Crippen LogP contribution is 2.13. The van der Waals surface area contributed by atoms with Crippen LogP contribution in [0.2, 0.25) is 0 Å². The lowest BCUT2D eigenvalue weighted by molar-refractivity contribution is 0.629. The van der Waals surface area contributed by atoms with Crippen molar-refractivity contribution in [2.45, 2.75) is 6.92 Å². The predicted molar refractivity (Wildman–Crippen MR) is 72.0 cm³/mol. The number of nitrogens with zero attached hydrogens (tertiary/aromatic N) is 2. The number of aromatic nitrogens is 2. The molecule has 3 aromatic rings. The fourth-order valence-corrected chi connectivity index (χ4v) is 2.15. The van der Waals surface area contributed by atoms with Crippen LogP contribution >= 0.6 is 0 Å². The van der Waals surface area contributed by atoms with Crippen LogP contribution in [0.3, 0.4) is 0 Å². The van der Waals surface area contributed by atoms with Crippen molar-refractivity contribution in [1.82, 2.24) is 9.55 Å². The third kappa shape index (κ3) is 1.91. The van der Waals surface area contributed by atoms with Crippen molar-refractivity contribution in [3.8, 4) is 5.69 Å². The summed E-state index contributed by atoms with van der Waals surface area (Å²) in [4.78, 5) is 16.8. The Balaban J connectivity index is 2.39. The Morgan fingerprint density at radius 3 is 2.58 bits per heavy atom. The molecule has 0 spiro atoms. The molecule has 0 aliphatic carbocycles. The second-order valence-corrected chi connectivity index (χ2v) is 4.30. The molecule has 0 aliphatic heterocycles. The summed E-state index contributed by atoms with van der Waals surface area (Å²) < 4.78 is 14.7. The molecule has 0 amide bonds. The first-order valence-electron chi connectivity index (χ1n) is 5.91. The molecule has 1 aromatic heterocycles. The minimum absolute atomic E-state index is 0.186. The van der Waals surface area contributed by atoms with E-state index in [0.29, 0.717) is 16.7 Å². The van der Waals surface area contributed by atoms with Gasteiger partial charge in [-0.05, 0) is 31.2 Å². The molecule has 1 heterocycles. The summed E-state index contributed by atoms with van der Waals surface area (Å²) in [5, 5.41) is 0.413. The van der Waals surface area contributed by atoms with Crippen LogP contribution < -0.4 is 5.56 Å². The molecule has 4 heteroatoms. The molecule has 0 saturated carbocycles. The van der Waals surface area contributed by atoms with Gasteiger partial charge in [0.1, 0.15) is 11.6 Å². The van der Waals surface area contributed by atoms with E-state index in [1.54, 1.807) is 6.92 Å². The van der Waals surface area contributed by atoms with Gasteiger partial charge in [0.15, 0.2) is 0 Å². The highest BCUT2D eigenvalue weighted by atomic mass is 19.1. The first-order chi connectivity index (χ1) is 9.16. The molecule has 0 aliphatic rings. The third-order valence-corrected chi connectivity index (χ3v) is 3.01. The number of para-hydroxylation sites is 1. The van der Waals surface area contributed by atoms with Gasteiger partial charge in [0.05, 0.1) is 16.6 Å². The fourth-order valence-electron chi connectivity index (χ4n) is 2.15. The summed E-state index contributed by atoms with van der Waals surface area (Å²) >= 11 is 0. The van der Waals surface area contributed by atoms with Crippen molar-refractivity contribution in [3.63, 3.8) is 0 Å². The van der Waals surface area contributed by atoms with E-state index < -0.39 is 5.82 Å². The molecule has 0 N–H and O–H groups in total. The van der Waals surface area contributed by atoms with Crippen LogP contribution in [0.5, 0.6) is 0 Å². The predicted octanol–water partition coefficient (Wildman–Crippen LogP) is 2.83. The van der Waals surface area contributed by atoms with Crippen LogP contribution in [-0.2, 0) is 0 Å². The summed E-state index contributed by atoms with van der Waals surface area (Å²) in [5.74, 6) is 0.144. The number of hydrogen-bond acceptors (Lipinski definition) is 2. The van der Waals surface area contributed by atoms with Gasteiger partial charge in [-0.1, -0.05) is 18.2 Å². The van der Waals surface area contributed by atoms with Crippen LogP contribution in [-0.4, -0.2) is 9.55 Å². The zero-order chi connectivity index (χ0) is 13.4. The molecule has 0 radical (unpaired) electrons. The zero-order valence-corrected chi connectivity index (χ0v) is 10.3. The van der Waals surface area contributed by atoms with Crippen molar-refractivity contribution < 1.29 is 4.39 Å².